The fraction of sp³-hybridized carbons (Fsp3) is 0.440. The van der Waals surface area contributed by atoms with Gasteiger partial charge in [0, 0.05) is 17.7 Å². The van der Waals surface area contributed by atoms with Crippen molar-refractivity contribution >= 4 is 27.8 Å². The van der Waals surface area contributed by atoms with Crippen molar-refractivity contribution in [3.63, 3.8) is 0 Å². The highest BCUT2D eigenvalue weighted by molar-refractivity contribution is 7.89. The number of nitrogens with one attached hydrogen (secondary N) is 1. The van der Waals surface area contributed by atoms with Crippen LogP contribution in [0.25, 0.3) is 0 Å². The second-order valence-corrected chi connectivity index (χ2v) is 10.9. The molecule has 1 N–H and O–H groups in total. The van der Waals surface area contributed by atoms with Gasteiger partial charge in [-0.15, -0.1) is 0 Å². The second-order valence-electron chi connectivity index (χ2n) is 9.05. The number of methoxy groups -OCH3 is 1. The second kappa shape index (κ2) is 11.6. The Balaban J connectivity index is 1.82. The molecule has 1 fully saturated rings. The minimum Gasteiger partial charge on any atom is -0.490 e. The summed E-state index contributed by atoms with van der Waals surface area (Å²) in [5, 5.41) is 15.1. The van der Waals surface area contributed by atoms with Crippen molar-refractivity contribution < 1.29 is 22.9 Å². The molecule has 10 nitrogen and oxygen atoms in total. The van der Waals surface area contributed by atoms with Crippen LogP contribution in [-0.4, -0.2) is 49.5 Å². The van der Waals surface area contributed by atoms with Crippen LogP contribution in [0, 0.1) is 30.9 Å². The van der Waals surface area contributed by atoms with Gasteiger partial charge in [-0.3, -0.25) is 14.9 Å². The maximum absolute atomic E-state index is 13.8. The summed E-state index contributed by atoms with van der Waals surface area (Å²) < 4.78 is 33.9. The Morgan fingerprint density at radius 1 is 1.17 bits per heavy atom. The predicted molar refractivity (Wildman–Crippen MR) is 137 cm³/mol. The lowest BCUT2D eigenvalue weighted by molar-refractivity contribution is -0.385. The first-order chi connectivity index (χ1) is 17.0. The van der Waals surface area contributed by atoms with Crippen LogP contribution in [0.15, 0.2) is 40.3 Å². The van der Waals surface area contributed by atoms with Crippen molar-refractivity contribution in [3.8, 4) is 5.75 Å². The number of hydrazone groups is 1. The highest BCUT2D eigenvalue weighted by atomic mass is 32.2. The molecule has 0 unspecified atom stereocenters. The minimum atomic E-state index is -3.94. The number of hydrogen-bond acceptors (Lipinski definition) is 7. The van der Waals surface area contributed by atoms with E-state index in [2.05, 4.69) is 10.5 Å². The molecule has 1 saturated carbocycles. The molecule has 1 amide bonds. The third-order valence-corrected chi connectivity index (χ3v) is 8.46. The van der Waals surface area contributed by atoms with E-state index in [0.29, 0.717) is 29.5 Å². The lowest BCUT2D eigenvalue weighted by Gasteiger charge is -2.33. The van der Waals surface area contributed by atoms with Crippen molar-refractivity contribution in [2.45, 2.75) is 63.8 Å². The Kier molecular flexibility index (Phi) is 8.80. The van der Waals surface area contributed by atoms with Gasteiger partial charge in [0.15, 0.2) is 5.75 Å². The molecule has 1 aliphatic rings. The zero-order valence-corrected chi connectivity index (χ0v) is 21.8. The number of amides is 1. The SMILES string of the molecule is COc1ccc(/C=N/NC(=O)CN(C2CCCCC2)S(=O)(=O)c2c(C)cc(C)cc2C)cc1[N+](=O)[O-]. The van der Waals surface area contributed by atoms with E-state index in [-0.39, 0.29) is 28.9 Å². The van der Waals surface area contributed by atoms with Crippen molar-refractivity contribution in [1.82, 2.24) is 9.73 Å². The Labute approximate surface area is 211 Å². The first-order valence-corrected chi connectivity index (χ1v) is 13.2. The number of sulfonamides is 1. The van der Waals surface area contributed by atoms with E-state index in [4.69, 9.17) is 4.74 Å². The number of rotatable bonds is 9. The topological polar surface area (TPSA) is 131 Å². The summed E-state index contributed by atoms with van der Waals surface area (Å²) >= 11 is 0. The molecule has 11 heteroatoms. The Hall–Kier alpha value is -3.31. The molecule has 0 aliphatic heterocycles. The smallest absolute Gasteiger partial charge is 0.311 e. The number of nitrogens with zero attached hydrogens (tertiary/aromatic N) is 3. The quantitative estimate of drug-likeness (QED) is 0.304. The molecule has 0 bridgehead atoms. The number of carbonyl (C=O) groups is 1. The first-order valence-electron chi connectivity index (χ1n) is 11.8. The highest BCUT2D eigenvalue weighted by Gasteiger charge is 2.35. The van der Waals surface area contributed by atoms with Crippen LogP contribution in [0.3, 0.4) is 0 Å². The van der Waals surface area contributed by atoms with Crippen LogP contribution in [-0.2, 0) is 14.8 Å². The molecule has 1 aliphatic carbocycles. The lowest BCUT2D eigenvalue weighted by Crippen LogP contribution is -2.46. The van der Waals surface area contributed by atoms with Gasteiger partial charge in [0.1, 0.15) is 0 Å². The normalized spacial score (nSPS) is 14.8. The number of ether oxygens (including phenoxy) is 1. The summed E-state index contributed by atoms with van der Waals surface area (Å²) in [6, 6.07) is 7.65. The number of carbonyl (C=O) groups excluding carboxylic acids is 1. The van der Waals surface area contributed by atoms with Gasteiger partial charge in [-0.25, -0.2) is 13.8 Å². The van der Waals surface area contributed by atoms with E-state index in [0.717, 1.165) is 24.8 Å². The number of hydrogen-bond donors (Lipinski definition) is 1. The van der Waals surface area contributed by atoms with Crippen molar-refractivity contribution in [2.24, 2.45) is 5.10 Å². The minimum absolute atomic E-state index is 0.108. The molecular formula is C25H32N4O6S. The fourth-order valence-electron chi connectivity index (χ4n) is 4.76. The zero-order valence-electron chi connectivity index (χ0n) is 21.0. The molecule has 0 atom stereocenters. The molecule has 2 aromatic rings. The average Bonchev–Trinajstić information content (AvgIpc) is 2.82. The highest BCUT2D eigenvalue weighted by Crippen LogP contribution is 2.31. The van der Waals surface area contributed by atoms with Gasteiger partial charge >= 0.3 is 5.69 Å². The zero-order chi connectivity index (χ0) is 26.5. The summed E-state index contributed by atoms with van der Waals surface area (Å²) in [4.78, 5) is 23.7. The van der Waals surface area contributed by atoms with Crippen molar-refractivity contribution in [1.29, 1.82) is 0 Å². The predicted octanol–water partition coefficient (Wildman–Crippen LogP) is 4.00. The van der Waals surface area contributed by atoms with E-state index in [9.17, 15) is 23.3 Å². The van der Waals surface area contributed by atoms with Crippen molar-refractivity contribution in [2.75, 3.05) is 13.7 Å². The third-order valence-electron chi connectivity index (χ3n) is 6.26. The van der Waals surface area contributed by atoms with Crippen LogP contribution in [0.4, 0.5) is 5.69 Å². The van der Waals surface area contributed by atoms with Crippen LogP contribution in [0.1, 0.15) is 54.4 Å². The van der Waals surface area contributed by atoms with Crippen LogP contribution >= 0.6 is 0 Å². The van der Waals surface area contributed by atoms with E-state index >= 15 is 0 Å². The van der Waals surface area contributed by atoms with Gasteiger partial charge in [-0.1, -0.05) is 37.0 Å². The standard InChI is InChI=1S/C25H32N4O6S/c1-17-12-18(2)25(19(3)13-17)36(33,34)28(21-8-6-5-7-9-21)16-24(30)27-26-15-20-10-11-23(35-4)22(14-20)29(31)32/h10-15,21H,5-9,16H2,1-4H3,(H,27,30)/b26-15+. The Bertz CT molecular complexity index is 1250. The average molecular weight is 517 g/mol. The first kappa shape index (κ1) is 27.3. The number of aryl methyl sites for hydroxylation is 3. The van der Waals surface area contributed by atoms with Gasteiger partial charge in [0.25, 0.3) is 5.91 Å². The van der Waals surface area contributed by atoms with E-state index < -0.39 is 20.9 Å². The van der Waals surface area contributed by atoms with Crippen molar-refractivity contribution in [3.05, 3.63) is 62.7 Å². The van der Waals surface area contributed by atoms with Gasteiger partial charge in [0.05, 0.1) is 29.7 Å². The van der Waals surface area contributed by atoms with E-state index in [1.54, 1.807) is 19.9 Å². The van der Waals surface area contributed by atoms with Gasteiger partial charge in [-0.2, -0.15) is 9.41 Å². The monoisotopic (exact) mass is 516 g/mol. The van der Waals surface area contributed by atoms with Crippen LogP contribution in [0.2, 0.25) is 0 Å². The third kappa shape index (κ3) is 6.27. The van der Waals surface area contributed by atoms with E-state index in [1.807, 2.05) is 19.1 Å². The molecule has 0 aromatic heterocycles. The van der Waals surface area contributed by atoms with Gasteiger partial charge in [-0.05, 0) is 56.9 Å². The fourth-order valence-corrected chi connectivity index (χ4v) is 6.81. The maximum Gasteiger partial charge on any atom is 0.311 e. The molecule has 0 radical (unpaired) electrons. The molecule has 194 valence electrons. The van der Waals surface area contributed by atoms with Crippen LogP contribution < -0.4 is 10.2 Å². The maximum atomic E-state index is 13.8. The summed E-state index contributed by atoms with van der Waals surface area (Å²) in [6.45, 7) is 5.08. The summed E-state index contributed by atoms with van der Waals surface area (Å²) in [5.41, 5.74) is 4.78. The summed E-state index contributed by atoms with van der Waals surface area (Å²) in [7, 11) is -2.61. The van der Waals surface area contributed by atoms with Gasteiger partial charge < -0.3 is 4.74 Å². The van der Waals surface area contributed by atoms with E-state index in [1.165, 1.54) is 29.8 Å². The lowest BCUT2D eigenvalue weighted by atomic mass is 9.95. The van der Waals surface area contributed by atoms with Gasteiger partial charge in [0.2, 0.25) is 10.0 Å². The molecule has 0 spiro atoms. The Morgan fingerprint density at radius 3 is 2.39 bits per heavy atom. The molecule has 2 aromatic carbocycles. The number of nitro groups is 1. The molecule has 36 heavy (non-hydrogen) atoms. The molecular weight excluding hydrogens is 484 g/mol. The summed E-state index contributed by atoms with van der Waals surface area (Å²) in [6.07, 6.45) is 5.48. The molecule has 3 rings (SSSR count). The largest absolute Gasteiger partial charge is 0.490 e. The molecule has 0 heterocycles. The summed E-state index contributed by atoms with van der Waals surface area (Å²) in [5.74, 6) is -0.484. The number of nitro benzene ring substituents is 1. The number of benzene rings is 2. The Morgan fingerprint density at radius 2 is 1.81 bits per heavy atom. The van der Waals surface area contributed by atoms with Crippen LogP contribution in [0.5, 0.6) is 5.75 Å². The molecule has 0 saturated heterocycles.